The lowest BCUT2D eigenvalue weighted by molar-refractivity contribution is 0.186. The van der Waals surface area contributed by atoms with E-state index in [4.69, 9.17) is 23.2 Å². The van der Waals surface area contributed by atoms with Crippen molar-refractivity contribution in [3.05, 3.63) is 39.6 Å². The number of hydrogen-bond donors (Lipinski definition) is 2. The maximum absolute atomic E-state index is 11.0. The number of halogens is 2. The van der Waals surface area contributed by atoms with E-state index in [2.05, 4.69) is 25.2 Å². The molecule has 0 fully saturated rings. The quantitative estimate of drug-likeness (QED) is 0.913. The van der Waals surface area contributed by atoms with Crippen molar-refractivity contribution in [2.75, 3.05) is 12.4 Å². The highest BCUT2D eigenvalue weighted by Gasteiger charge is 2.09. The van der Waals surface area contributed by atoms with Crippen LogP contribution in [0.4, 0.5) is 10.7 Å². The zero-order valence-electron chi connectivity index (χ0n) is 9.91. The number of carbonyl (C=O) groups is 1. The van der Waals surface area contributed by atoms with Crippen molar-refractivity contribution in [3.63, 3.8) is 0 Å². The lowest BCUT2D eigenvalue weighted by atomic mass is 10.1. The van der Waals surface area contributed by atoms with E-state index >= 15 is 0 Å². The van der Waals surface area contributed by atoms with E-state index in [1.807, 2.05) is 0 Å². The maximum Gasteiger partial charge on any atom is 0.413 e. The molecule has 0 atom stereocenters. The molecule has 0 spiro atoms. The van der Waals surface area contributed by atoms with Crippen LogP contribution in [-0.4, -0.2) is 28.4 Å². The molecule has 0 aliphatic heterocycles. The van der Waals surface area contributed by atoms with Crippen LogP contribution in [0.1, 0.15) is 11.4 Å². The van der Waals surface area contributed by atoms with Crippen molar-refractivity contribution in [3.8, 4) is 0 Å². The van der Waals surface area contributed by atoms with Gasteiger partial charge in [-0.15, -0.1) is 5.10 Å². The Morgan fingerprint density at radius 3 is 2.95 bits per heavy atom. The van der Waals surface area contributed by atoms with Gasteiger partial charge in [0.25, 0.3) is 5.95 Å². The van der Waals surface area contributed by atoms with Gasteiger partial charge < -0.3 is 4.74 Å². The third-order valence-electron chi connectivity index (χ3n) is 2.30. The van der Waals surface area contributed by atoms with Crippen LogP contribution in [0.3, 0.4) is 0 Å². The Morgan fingerprint density at radius 1 is 1.47 bits per heavy atom. The SMILES string of the molecule is COC(=O)Nc1n[nH]c(Cc2ccc(Cl)cc2Cl)n1. The highest BCUT2D eigenvalue weighted by molar-refractivity contribution is 6.35. The minimum Gasteiger partial charge on any atom is -0.453 e. The highest BCUT2D eigenvalue weighted by Crippen LogP contribution is 2.22. The standard InChI is InChI=1S/C11H10Cl2N4O2/c1-19-11(18)15-10-14-9(16-17-10)4-6-2-3-7(12)5-8(6)13/h2-3,5H,4H2,1H3,(H2,14,15,16,17,18). The van der Waals surface area contributed by atoms with Gasteiger partial charge >= 0.3 is 6.09 Å². The number of amides is 1. The van der Waals surface area contributed by atoms with Gasteiger partial charge in [0.1, 0.15) is 5.82 Å². The van der Waals surface area contributed by atoms with Gasteiger partial charge in [-0.05, 0) is 17.7 Å². The van der Waals surface area contributed by atoms with Crippen LogP contribution in [0.25, 0.3) is 0 Å². The maximum atomic E-state index is 11.0. The van der Waals surface area contributed by atoms with Crippen molar-refractivity contribution in [1.29, 1.82) is 0 Å². The number of nitrogens with one attached hydrogen (secondary N) is 2. The number of rotatable bonds is 3. The average molecular weight is 301 g/mol. The van der Waals surface area contributed by atoms with Crippen molar-refractivity contribution in [1.82, 2.24) is 15.2 Å². The summed E-state index contributed by atoms with van der Waals surface area (Å²) in [6.45, 7) is 0. The number of ether oxygens (including phenoxy) is 1. The predicted molar refractivity (Wildman–Crippen MR) is 71.7 cm³/mol. The normalized spacial score (nSPS) is 10.3. The minimum atomic E-state index is -0.630. The Kier molecular flexibility index (Phi) is 4.24. The number of hydrogen-bond acceptors (Lipinski definition) is 4. The fraction of sp³-hybridized carbons (Fsp3) is 0.182. The molecule has 0 aliphatic carbocycles. The summed E-state index contributed by atoms with van der Waals surface area (Å²) in [5, 5.41) is 10.0. The first-order valence-electron chi connectivity index (χ1n) is 5.28. The molecular weight excluding hydrogens is 291 g/mol. The second-order valence-electron chi connectivity index (χ2n) is 3.63. The third-order valence-corrected chi connectivity index (χ3v) is 2.89. The first-order valence-corrected chi connectivity index (χ1v) is 6.04. The topological polar surface area (TPSA) is 79.9 Å². The molecule has 0 saturated carbocycles. The third kappa shape index (κ3) is 3.59. The fourth-order valence-corrected chi connectivity index (χ4v) is 1.89. The lowest BCUT2D eigenvalue weighted by Gasteiger charge is -2.01. The van der Waals surface area contributed by atoms with E-state index in [0.29, 0.717) is 22.3 Å². The largest absolute Gasteiger partial charge is 0.453 e. The molecule has 2 N–H and O–H groups in total. The molecule has 0 aliphatic rings. The van der Waals surface area contributed by atoms with Gasteiger partial charge in [0.15, 0.2) is 0 Å². The van der Waals surface area contributed by atoms with E-state index < -0.39 is 6.09 Å². The van der Waals surface area contributed by atoms with Crippen LogP contribution >= 0.6 is 23.2 Å². The second-order valence-corrected chi connectivity index (χ2v) is 4.48. The molecular formula is C11H10Cl2N4O2. The fourth-order valence-electron chi connectivity index (χ4n) is 1.42. The monoisotopic (exact) mass is 300 g/mol. The second kappa shape index (κ2) is 5.90. The first kappa shape index (κ1) is 13.6. The Hall–Kier alpha value is -1.79. The van der Waals surface area contributed by atoms with Crippen molar-refractivity contribution < 1.29 is 9.53 Å². The Balaban J connectivity index is 2.09. The van der Waals surface area contributed by atoms with Crippen molar-refractivity contribution in [2.24, 2.45) is 0 Å². The molecule has 1 amide bonds. The molecule has 1 aromatic carbocycles. The summed E-state index contributed by atoms with van der Waals surface area (Å²) < 4.78 is 4.43. The van der Waals surface area contributed by atoms with Gasteiger partial charge in [-0.2, -0.15) is 4.98 Å². The lowest BCUT2D eigenvalue weighted by Crippen LogP contribution is -2.12. The number of carbonyl (C=O) groups excluding carboxylic acids is 1. The number of H-pyrrole nitrogens is 1. The summed E-state index contributed by atoms with van der Waals surface area (Å²) >= 11 is 11.9. The Labute approximate surface area is 119 Å². The van der Waals surface area contributed by atoms with Gasteiger partial charge in [-0.25, -0.2) is 4.79 Å². The van der Waals surface area contributed by atoms with Gasteiger partial charge in [0, 0.05) is 16.5 Å². The highest BCUT2D eigenvalue weighted by atomic mass is 35.5. The van der Waals surface area contributed by atoms with Crippen LogP contribution in [0, 0.1) is 0 Å². The minimum absolute atomic E-state index is 0.145. The van der Waals surface area contributed by atoms with E-state index in [1.54, 1.807) is 18.2 Å². The van der Waals surface area contributed by atoms with E-state index in [9.17, 15) is 4.79 Å². The van der Waals surface area contributed by atoms with Crippen LogP contribution in [-0.2, 0) is 11.2 Å². The molecule has 2 aromatic rings. The molecule has 100 valence electrons. The van der Waals surface area contributed by atoms with Crippen LogP contribution < -0.4 is 5.32 Å². The van der Waals surface area contributed by atoms with Crippen LogP contribution in [0.2, 0.25) is 10.0 Å². The Morgan fingerprint density at radius 2 is 2.26 bits per heavy atom. The number of anilines is 1. The zero-order valence-corrected chi connectivity index (χ0v) is 11.4. The molecule has 1 heterocycles. The van der Waals surface area contributed by atoms with Gasteiger partial charge in [0.05, 0.1) is 7.11 Å². The molecule has 6 nitrogen and oxygen atoms in total. The summed E-state index contributed by atoms with van der Waals surface area (Å²) in [7, 11) is 1.26. The number of nitrogens with zero attached hydrogens (tertiary/aromatic N) is 2. The molecule has 19 heavy (non-hydrogen) atoms. The molecule has 2 rings (SSSR count). The number of aromatic nitrogens is 3. The first-order chi connectivity index (χ1) is 9.08. The van der Waals surface area contributed by atoms with Crippen LogP contribution in [0.15, 0.2) is 18.2 Å². The molecule has 8 heteroatoms. The molecule has 0 bridgehead atoms. The van der Waals surface area contributed by atoms with Crippen LogP contribution in [0.5, 0.6) is 0 Å². The molecule has 0 saturated heterocycles. The van der Waals surface area contributed by atoms with Crippen molar-refractivity contribution in [2.45, 2.75) is 6.42 Å². The van der Waals surface area contributed by atoms with Gasteiger partial charge in [-0.1, -0.05) is 29.3 Å². The Bertz CT molecular complexity index is 600. The zero-order chi connectivity index (χ0) is 13.8. The summed E-state index contributed by atoms with van der Waals surface area (Å²) in [5.74, 6) is 0.711. The molecule has 1 aromatic heterocycles. The van der Waals surface area contributed by atoms with Gasteiger partial charge in [0.2, 0.25) is 0 Å². The van der Waals surface area contributed by atoms with Crippen molar-refractivity contribution >= 4 is 35.2 Å². The smallest absolute Gasteiger partial charge is 0.413 e. The van der Waals surface area contributed by atoms with Gasteiger partial charge in [-0.3, -0.25) is 10.4 Å². The number of methoxy groups -OCH3 is 1. The predicted octanol–water partition coefficient (Wildman–Crippen LogP) is 2.88. The summed E-state index contributed by atoms with van der Waals surface area (Å²) in [6.07, 6.45) is -0.179. The average Bonchev–Trinajstić information content (AvgIpc) is 2.80. The summed E-state index contributed by atoms with van der Waals surface area (Å²) in [5.41, 5.74) is 0.854. The number of benzene rings is 1. The van der Waals surface area contributed by atoms with E-state index in [1.165, 1.54) is 7.11 Å². The number of aromatic amines is 1. The molecule has 0 unspecified atom stereocenters. The van der Waals surface area contributed by atoms with E-state index in [-0.39, 0.29) is 5.95 Å². The summed E-state index contributed by atoms with van der Waals surface area (Å²) in [4.78, 5) is 15.1. The summed E-state index contributed by atoms with van der Waals surface area (Å²) in [6, 6.07) is 5.20. The molecule has 0 radical (unpaired) electrons. The van der Waals surface area contributed by atoms with E-state index in [0.717, 1.165) is 5.56 Å².